The summed E-state index contributed by atoms with van der Waals surface area (Å²) in [6.45, 7) is -0.139. The van der Waals surface area contributed by atoms with Gasteiger partial charge in [0.05, 0.1) is 10.2 Å². The average Bonchev–Trinajstić information content (AvgIpc) is 2.35. The first kappa shape index (κ1) is 16.3. The van der Waals surface area contributed by atoms with Gasteiger partial charge in [-0.3, -0.25) is 0 Å². The maximum absolute atomic E-state index is 13.4. The number of carboxylic acids is 1. The lowest BCUT2D eigenvalue weighted by Gasteiger charge is -2.10. The predicted molar refractivity (Wildman–Crippen MR) is 69.3 cm³/mol. The van der Waals surface area contributed by atoms with E-state index in [1.165, 1.54) is 0 Å². The molecule has 0 radical (unpaired) electrons. The molecular weight excluding hydrogens is 342 g/mol. The number of benzene rings is 1. The number of hydrogen-bond acceptors (Lipinski definition) is 3. The fraction of sp³-hybridized carbons (Fsp3) is 0.273. The standard InChI is InChI=1S/C11H11BrF2N2O4/c12-5-3-7(14)8(4-6(5)13)16-11(20)15-2-1-9(17)10(18)19/h3-4,9,17H,1-2H2,(H,18,19)(H2,15,16,20)/t9-/m0/s1. The van der Waals surface area contributed by atoms with E-state index < -0.39 is 29.7 Å². The van der Waals surface area contributed by atoms with E-state index in [1.807, 2.05) is 0 Å². The summed E-state index contributed by atoms with van der Waals surface area (Å²) in [5, 5.41) is 21.6. The fourth-order valence-corrected chi connectivity index (χ4v) is 1.55. The van der Waals surface area contributed by atoms with Crippen molar-refractivity contribution in [1.29, 1.82) is 0 Å². The largest absolute Gasteiger partial charge is 0.479 e. The van der Waals surface area contributed by atoms with Crippen LogP contribution in [0.1, 0.15) is 6.42 Å². The van der Waals surface area contributed by atoms with Crippen molar-refractivity contribution in [3.05, 3.63) is 28.2 Å². The van der Waals surface area contributed by atoms with Crippen molar-refractivity contribution in [1.82, 2.24) is 5.32 Å². The summed E-state index contributed by atoms with van der Waals surface area (Å²) in [7, 11) is 0. The maximum atomic E-state index is 13.4. The second kappa shape index (κ2) is 7.15. The van der Waals surface area contributed by atoms with Crippen LogP contribution < -0.4 is 10.6 Å². The zero-order chi connectivity index (χ0) is 15.3. The third-order valence-corrected chi connectivity index (χ3v) is 2.85. The van der Waals surface area contributed by atoms with Gasteiger partial charge in [-0.05, 0) is 22.0 Å². The van der Waals surface area contributed by atoms with E-state index in [4.69, 9.17) is 10.2 Å². The molecule has 0 aliphatic carbocycles. The van der Waals surface area contributed by atoms with Crippen LogP contribution in [0.2, 0.25) is 0 Å². The van der Waals surface area contributed by atoms with E-state index in [-0.39, 0.29) is 23.1 Å². The Morgan fingerprint density at radius 1 is 1.30 bits per heavy atom. The number of amides is 2. The van der Waals surface area contributed by atoms with Gasteiger partial charge in [-0.2, -0.15) is 0 Å². The monoisotopic (exact) mass is 352 g/mol. The first-order valence-electron chi connectivity index (χ1n) is 5.41. The second-order valence-electron chi connectivity index (χ2n) is 3.77. The van der Waals surface area contributed by atoms with E-state index in [2.05, 4.69) is 26.6 Å². The van der Waals surface area contributed by atoms with Crippen molar-refractivity contribution in [2.45, 2.75) is 12.5 Å². The van der Waals surface area contributed by atoms with Gasteiger partial charge in [-0.1, -0.05) is 0 Å². The molecule has 2 amide bonds. The average molecular weight is 353 g/mol. The number of carboxylic acid groups (broad SMARTS) is 1. The number of carbonyl (C=O) groups excluding carboxylic acids is 1. The van der Waals surface area contributed by atoms with E-state index >= 15 is 0 Å². The summed E-state index contributed by atoms with van der Waals surface area (Å²) < 4.78 is 26.5. The summed E-state index contributed by atoms with van der Waals surface area (Å²) in [6.07, 6.45) is -1.81. The molecule has 0 saturated heterocycles. The van der Waals surface area contributed by atoms with Crippen molar-refractivity contribution < 1.29 is 28.6 Å². The minimum atomic E-state index is -1.60. The van der Waals surface area contributed by atoms with E-state index in [0.717, 1.165) is 12.1 Å². The number of aliphatic hydroxyl groups is 1. The number of anilines is 1. The van der Waals surface area contributed by atoms with Crippen LogP contribution in [0.25, 0.3) is 0 Å². The Morgan fingerprint density at radius 3 is 2.55 bits per heavy atom. The molecule has 0 heterocycles. The number of nitrogens with one attached hydrogen (secondary N) is 2. The lowest BCUT2D eigenvalue weighted by molar-refractivity contribution is -0.146. The number of aliphatic carboxylic acids is 1. The zero-order valence-corrected chi connectivity index (χ0v) is 11.6. The number of rotatable bonds is 5. The third-order valence-electron chi connectivity index (χ3n) is 2.25. The number of carbonyl (C=O) groups is 2. The highest BCUT2D eigenvalue weighted by Gasteiger charge is 2.14. The molecule has 0 aliphatic rings. The molecule has 0 fully saturated rings. The molecule has 1 atom stereocenters. The molecule has 9 heteroatoms. The molecule has 1 aromatic rings. The van der Waals surface area contributed by atoms with E-state index in [0.29, 0.717) is 0 Å². The number of urea groups is 1. The van der Waals surface area contributed by atoms with Gasteiger partial charge in [0.2, 0.25) is 0 Å². The van der Waals surface area contributed by atoms with Crippen LogP contribution in [0.5, 0.6) is 0 Å². The number of hydrogen-bond donors (Lipinski definition) is 4. The van der Waals surface area contributed by atoms with Gasteiger partial charge in [-0.15, -0.1) is 0 Å². The van der Waals surface area contributed by atoms with Crippen molar-refractivity contribution in [2.75, 3.05) is 11.9 Å². The Morgan fingerprint density at radius 2 is 1.95 bits per heavy atom. The van der Waals surface area contributed by atoms with Crippen molar-refractivity contribution in [3.8, 4) is 0 Å². The molecule has 6 nitrogen and oxygen atoms in total. The second-order valence-corrected chi connectivity index (χ2v) is 4.62. The maximum Gasteiger partial charge on any atom is 0.332 e. The fourth-order valence-electron chi connectivity index (χ4n) is 1.23. The van der Waals surface area contributed by atoms with Crippen molar-refractivity contribution in [3.63, 3.8) is 0 Å². The van der Waals surface area contributed by atoms with Gasteiger partial charge in [0, 0.05) is 19.0 Å². The first-order chi connectivity index (χ1) is 9.31. The number of halogens is 3. The minimum absolute atomic E-state index is 0.0782. The van der Waals surface area contributed by atoms with Crippen LogP contribution in [0.4, 0.5) is 19.3 Å². The van der Waals surface area contributed by atoms with Crippen LogP contribution in [0.3, 0.4) is 0 Å². The van der Waals surface area contributed by atoms with Gasteiger partial charge in [0.25, 0.3) is 0 Å². The topological polar surface area (TPSA) is 98.7 Å². The highest BCUT2D eigenvalue weighted by atomic mass is 79.9. The highest BCUT2D eigenvalue weighted by Crippen LogP contribution is 2.23. The summed E-state index contributed by atoms with van der Waals surface area (Å²) in [6, 6.07) is 0.813. The molecule has 0 spiro atoms. The van der Waals surface area contributed by atoms with Crippen molar-refractivity contribution >= 4 is 33.6 Å². The molecular formula is C11H11BrF2N2O4. The Hall–Kier alpha value is -1.74. The Labute approximate surface area is 120 Å². The molecule has 0 bridgehead atoms. The highest BCUT2D eigenvalue weighted by molar-refractivity contribution is 9.10. The summed E-state index contributed by atoms with van der Waals surface area (Å²) in [5.74, 6) is -2.99. The summed E-state index contributed by atoms with van der Waals surface area (Å²) >= 11 is 2.79. The molecule has 0 unspecified atom stereocenters. The van der Waals surface area contributed by atoms with Crippen LogP contribution in [0, 0.1) is 11.6 Å². The molecule has 1 rings (SSSR count). The first-order valence-corrected chi connectivity index (χ1v) is 6.21. The molecule has 4 N–H and O–H groups in total. The van der Waals surface area contributed by atoms with Gasteiger partial charge >= 0.3 is 12.0 Å². The van der Waals surface area contributed by atoms with Gasteiger partial charge < -0.3 is 20.8 Å². The van der Waals surface area contributed by atoms with Crippen molar-refractivity contribution in [2.24, 2.45) is 0 Å². The van der Waals surface area contributed by atoms with E-state index in [9.17, 15) is 18.4 Å². The normalized spacial score (nSPS) is 11.8. The molecule has 1 aromatic carbocycles. The SMILES string of the molecule is O=C(NCC[C@H](O)C(=O)O)Nc1cc(F)c(Br)cc1F. The number of aliphatic hydroxyl groups excluding tert-OH is 1. The molecule has 110 valence electrons. The molecule has 20 heavy (non-hydrogen) atoms. The third kappa shape index (κ3) is 4.74. The van der Waals surface area contributed by atoms with Crippen LogP contribution in [-0.2, 0) is 4.79 Å². The van der Waals surface area contributed by atoms with Gasteiger partial charge in [-0.25, -0.2) is 18.4 Å². The van der Waals surface area contributed by atoms with Gasteiger partial charge in [0.15, 0.2) is 6.10 Å². The molecule has 0 saturated carbocycles. The lowest BCUT2D eigenvalue weighted by atomic mass is 10.2. The summed E-state index contributed by atoms with van der Waals surface area (Å²) in [5.41, 5.74) is -0.359. The minimum Gasteiger partial charge on any atom is -0.479 e. The quantitative estimate of drug-likeness (QED) is 0.606. The summed E-state index contributed by atoms with van der Waals surface area (Å²) in [4.78, 5) is 21.7. The van der Waals surface area contributed by atoms with Crippen LogP contribution in [0.15, 0.2) is 16.6 Å². The van der Waals surface area contributed by atoms with Gasteiger partial charge in [0.1, 0.15) is 11.6 Å². The Kier molecular flexibility index (Phi) is 5.83. The zero-order valence-electron chi connectivity index (χ0n) is 9.99. The van der Waals surface area contributed by atoms with Crippen LogP contribution >= 0.6 is 15.9 Å². The lowest BCUT2D eigenvalue weighted by Crippen LogP contribution is -2.33. The molecule has 0 aromatic heterocycles. The van der Waals surface area contributed by atoms with Crippen LogP contribution in [-0.4, -0.2) is 34.9 Å². The molecule has 0 aliphatic heterocycles. The van der Waals surface area contributed by atoms with E-state index in [1.54, 1.807) is 0 Å². The Balaban J connectivity index is 2.51. The predicted octanol–water partition coefficient (Wildman–Crippen LogP) is 1.68. The smallest absolute Gasteiger partial charge is 0.332 e. The Bertz CT molecular complexity index is 527.